The third kappa shape index (κ3) is 5.25. The fourth-order valence-electron chi connectivity index (χ4n) is 2.21. The van der Waals surface area contributed by atoms with E-state index < -0.39 is 6.10 Å². The van der Waals surface area contributed by atoms with Gasteiger partial charge in [-0.1, -0.05) is 12.1 Å². The quantitative estimate of drug-likeness (QED) is 0.851. The van der Waals surface area contributed by atoms with E-state index >= 15 is 0 Å². The van der Waals surface area contributed by atoms with Gasteiger partial charge in [-0.25, -0.2) is 0 Å². The van der Waals surface area contributed by atoms with Crippen LogP contribution in [0.5, 0.6) is 5.75 Å². The Morgan fingerprint density at radius 2 is 2.05 bits per heavy atom. The molecule has 0 amide bonds. The van der Waals surface area contributed by atoms with Crippen LogP contribution in [0.15, 0.2) is 40.8 Å². The second-order valence-corrected chi connectivity index (χ2v) is 5.49. The molecule has 0 fully saturated rings. The third-order valence-electron chi connectivity index (χ3n) is 3.18. The van der Waals surface area contributed by atoms with Crippen LogP contribution in [0.25, 0.3) is 0 Å². The largest absolute Gasteiger partial charge is 0.491 e. The van der Waals surface area contributed by atoms with E-state index in [-0.39, 0.29) is 6.61 Å². The van der Waals surface area contributed by atoms with Gasteiger partial charge in [0, 0.05) is 6.54 Å². The summed E-state index contributed by atoms with van der Waals surface area (Å²) >= 11 is 0. The van der Waals surface area contributed by atoms with Crippen molar-refractivity contribution in [1.29, 1.82) is 0 Å². The van der Waals surface area contributed by atoms with Gasteiger partial charge >= 0.3 is 0 Å². The van der Waals surface area contributed by atoms with Crippen LogP contribution in [0.3, 0.4) is 0 Å². The van der Waals surface area contributed by atoms with Gasteiger partial charge in [-0.3, -0.25) is 4.90 Å². The van der Waals surface area contributed by atoms with Gasteiger partial charge in [0.2, 0.25) is 0 Å². The zero-order chi connectivity index (χ0) is 15.2. The van der Waals surface area contributed by atoms with E-state index in [1.165, 1.54) is 0 Å². The Morgan fingerprint density at radius 1 is 1.24 bits per heavy atom. The summed E-state index contributed by atoms with van der Waals surface area (Å²) in [6.07, 6.45) is -0.536. The molecule has 0 saturated carbocycles. The van der Waals surface area contributed by atoms with Crippen molar-refractivity contribution in [3.8, 4) is 5.75 Å². The average Bonchev–Trinajstić information content (AvgIpc) is 2.81. The van der Waals surface area contributed by atoms with Crippen LogP contribution in [-0.4, -0.2) is 36.3 Å². The number of aliphatic hydroxyl groups excluding tert-OH is 1. The van der Waals surface area contributed by atoms with Crippen LogP contribution in [0.1, 0.15) is 17.1 Å². The molecule has 2 aromatic rings. The van der Waals surface area contributed by atoms with Crippen molar-refractivity contribution < 1.29 is 14.3 Å². The molecule has 2 rings (SSSR count). The van der Waals surface area contributed by atoms with Crippen molar-refractivity contribution in [3.05, 3.63) is 53.5 Å². The molecular weight excluding hydrogens is 266 g/mol. The highest BCUT2D eigenvalue weighted by Gasteiger charge is 2.11. The first kappa shape index (κ1) is 15.6. The summed E-state index contributed by atoms with van der Waals surface area (Å²) in [7, 11) is 1.95. The fourth-order valence-corrected chi connectivity index (χ4v) is 2.21. The smallest absolute Gasteiger partial charge is 0.119 e. The lowest BCUT2D eigenvalue weighted by atomic mass is 10.2. The van der Waals surface area contributed by atoms with E-state index in [0.29, 0.717) is 13.1 Å². The lowest BCUT2D eigenvalue weighted by molar-refractivity contribution is 0.0724. The molecule has 0 radical (unpaired) electrons. The molecule has 21 heavy (non-hydrogen) atoms. The molecule has 1 heterocycles. The number of hydrogen-bond acceptors (Lipinski definition) is 4. The molecule has 0 bridgehead atoms. The second-order valence-electron chi connectivity index (χ2n) is 5.49. The van der Waals surface area contributed by atoms with E-state index in [9.17, 15) is 5.11 Å². The monoisotopic (exact) mass is 289 g/mol. The van der Waals surface area contributed by atoms with Crippen LogP contribution in [0, 0.1) is 13.8 Å². The Hall–Kier alpha value is -1.78. The molecule has 1 aromatic heterocycles. The van der Waals surface area contributed by atoms with Crippen LogP contribution in [0.4, 0.5) is 0 Å². The summed E-state index contributed by atoms with van der Waals surface area (Å²) in [5.41, 5.74) is 1.15. The number of aliphatic hydroxyl groups is 1. The molecule has 0 spiro atoms. The van der Waals surface area contributed by atoms with E-state index in [4.69, 9.17) is 9.15 Å². The van der Waals surface area contributed by atoms with Crippen molar-refractivity contribution in [2.75, 3.05) is 20.2 Å². The molecule has 1 unspecified atom stereocenters. The minimum atomic E-state index is -0.536. The van der Waals surface area contributed by atoms with Gasteiger partial charge in [-0.15, -0.1) is 0 Å². The highest BCUT2D eigenvalue weighted by molar-refractivity contribution is 5.27. The summed E-state index contributed by atoms with van der Waals surface area (Å²) in [6.45, 7) is 5.43. The number of rotatable bonds is 7. The second kappa shape index (κ2) is 7.29. The molecule has 0 aliphatic rings. The minimum Gasteiger partial charge on any atom is -0.491 e. The Kier molecular flexibility index (Phi) is 5.42. The third-order valence-corrected chi connectivity index (χ3v) is 3.18. The topological polar surface area (TPSA) is 45.8 Å². The maximum absolute atomic E-state index is 10.0. The maximum Gasteiger partial charge on any atom is 0.119 e. The van der Waals surface area contributed by atoms with Gasteiger partial charge in [0.1, 0.15) is 30.0 Å². The zero-order valence-corrected chi connectivity index (χ0v) is 12.9. The average molecular weight is 289 g/mol. The Morgan fingerprint density at radius 3 is 2.71 bits per heavy atom. The standard InChI is InChI=1S/C17H23NO3/c1-13-5-4-6-16(9-13)20-12-15(19)10-18(3)11-17-8-7-14(2)21-17/h4-9,15,19H,10-12H2,1-3H3. The Balaban J connectivity index is 1.74. The van der Waals surface area contributed by atoms with Gasteiger partial charge < -0.3 is 14.3 Å². The number of hydrogen-bond donors (Lipinski definition) is 1. The van der Waals surface area contributed by atoms with Crippen LogP contribution < -0.4 is 4.74 Å². The predicted octanol–water partition coefficient (Wildman–Crippen LogP) is 2.77. The van der Waals surface area contributed by atoms with E-state index in [0.717, 1.165) is 22.8 Å². The maximum atomic E-state index is 10.0. The fraction of sp³-hybridized carbons (Fsp3) is 0.412. The molecule has 4 heteroatoms. The molecule has 0 aliphatic carbocycles. The predicted molar refractivity (Wildman–Crippen MR) is 82.5 cm³/mol. The van der Waals surface area contributed by atoms with Crippen molar-refractivity contribution >= 4 is 0 Å². The van der Waals surface area contributed by atoms with Gasteiger partial charge in [-0.05, 0) is 50.7 Å². The molecule has 1 atom stereocenters. The van der Waals surface area contributed by atoms with Gasteiger partial charge in [0.15, 0.2) is 0 Å². The van der Waals surface area contributed by atoms with E-state index in [1.54, 1.807) is 0 Å². The van der Waals surface area contributed by atoms with E-state index in [2.05, 4.69) is 0 Å². The van der Waals surface area contributed by atoms with Crippen LogP contribution >= 0.6 is 0 Å². The first-order valence-electron chi connectivity index (χ1n) is 7.14. The zero-order valence-electron chi connectivity index (χ0n) is 12.9. The first-order chi connectivity index (χ1) is 10.0. The number of ether oxygens (including phenoxy) is 1. The van der Waals surface area contributed by atoms with Gasteiger partial charge in [0.25, 0.3) is 0 Å². The van der Waals surface area contributed by atoms with Crippen molar-refractivity contribution in [2.24, 2.45) is 0 Å². The number of likely N-dealkylation sites (N-methyl/N-ethyl adjacent to an activating group) is 1. The highest BCUT2D eigenvalue weighted by atomic mass is 16.5. The van der Waals surface area contributed by atoms with Gasteiger partial charge in [0.05, 0.1) is 6.54 Å². The number of aryl methyl sites for hydroxylation is 2. The van der Waals surface area contributed by atoms with E-state index in [1.807, 2.05) is 62.2 Å². The minimum absolute atomic E-state index is 0.283. The summed E-state index contributed by atoms with van der Waals surface area (Å²) in [6, 6.07) is 11.7. The van der Waals surface area contributed by atoms with Crippen LogP contribution in [-0.2, 0) is 6.54 Å². The molecule has 114 valence electrons. The van der Waals surface area contributed by atoms with Crippen molar-refractivity contribution in [3.63, 3.8) is 0 Å². The lowest BCUT2D eigenvalue weighted by Gasteiger charge is -2.20. The summed E-state index contributed by atoms with van der Waals surface area (Å²) in [5, 5.41) is 10.0. The van der Waals surface area contributed by atoms with Crippen LogP contribution in [0.2, 0.25) is 0 Å². The normalized spacial score (nSPS) is 12.6. The first-order valence-corrected chi connectivity index (χ1v) is 7.14. The summed E-state index contributed by atoms with van der Waals surface area (Å²) in [5.74, 6) is 2.60. The molecule has 1 N–H and O–H groups in total. The number of nitrogens with zero attached hydrogens (tertiary/aromatic N) is 1. The Bertz CT molecular complexity index is 565. The summed E-state index contributed by atoms with van der Waals surface area (Å²) < 4.78 is 11.1. The molecular formula is C17H23NO3. The lowest BCUT2D eigenvalue weighted by Crippen LogP contribution is -2.32. The number of benzene rings is 1. The van der Waals surface area contributed by atoms with Crippen molar-refractivity contribution in [2.45, 2.75) is 26.5 Å². The molecule has 4 nitrogen and oxygen atoms in total. The van der Waals surface area contributed by atoms with Crippen molar-refractivity contribution in [1.82, 2.24) is 4.90 Å². The SMILES string of the molecule is Cc1cccc(OCC(O)CN(C)Cc2ccc(C)o2)c1. The molecule has 0 aliphatic heterocycles. The van der Waals surface area contributed by atoms with Gasteiger partial charge in [-0.2, -0.15) is 0 Å². The highest BCUT2D eigenvalue weighted by Crippen LogP contribution is 2.13. The summed E-state index contributed by atoms with van der Waals surface area (Å²) in [4.78, 5) is 2.02. The molecule has 0 saturated heterocycles. The number of furan rings is 1. The Labute approximate surface area is 126 Å². The molecule has 1 aromatic carbocycles.